The molecule has 3 rings (SSSR count). The summed E-state index contributed by atoms with van der Waals surface area (Å²) in [5, 5.41) is 0.708. The molecule has 7 heteroatoms. The number of imide groups is 1. The number of rotatable bonds is 3. The first-order valence-electron chi connectivity index (χ1n) is 6.46. The highest BCUT2D eigenvalue weighted by Gasteiger charge is 2.41. The normalized spacial score (nSPS) is 18.1. The van der Waals surface area contributed by atoms with Gasteiger partial charge in [-0.2, -0.15) is 0 Å². The number of hydrogen-bond donors (Lipinski definition) is 0. The van der Waals surface area contributed by atoms with E-state index in [4.69, 9.17) is 23.2 Å². The van der Waals surface area contributed by atoms with Gasteiger partial charge in [0.25, 0.3) is 0 Å². The summed E-state index contributed by atoms with van der Waals surface area (Å²) in [4.78, 5) is 30.0. The average molecular weight is 353 g/mol. The van der Waals surface area contributed by atoms with Crippen molar-refractivity contribution in [3.63, 3.8) is 0 Å². The quantitative estimate of drug-likeness (QED) is 0.788. The van der Waals surface area contributed by atoms with Crippen molar-refractivity contribution in [3.8, 4) is 0 Å². The van der Waals surface area contributed by atoms with Crippen molar-refractivity contribution in [2.45, 2.75) is 16.7 Å². The molecule has 4 nitrogen and oxygen atoms in total. The van der Waals surface area contributed by atoms with Crippen LogP contribution >= 0.6 is 35.0 Å². The standard InChI is InChI=1S/C15H10Cl2N2O2S/c16-9-4-3-5-10(14(9)17)19-13(20)8-11(15(19)21)22-12-6-1-2-7-18-12/h1-7,11H,8H2. The van der Waals surface area contributed by atoms with Crippen molar-refractivity contribution in [1.82, 2.24) is 4.98 Å². The number of nitrogens with zero attached hydrogens (tertiary/aromatic N) is 2. The van der Waals surface area contributed by atoms with E-state index >= 15 is 0 Å². The fraction of sp³-hybridized carbons (Fsp3) is 0.133. The lowest BCUT2D eigenvalue weighted by molar-refractivity contribution is -0.121. The summed E-state index contributed by atoms with van der Waals surface area (Å²) in [6, 6.07) is 10.3. The van der Waals surface area contributed by atoms with E-state index in [1.165, 1.54) is 11.8 Å². The Hall–Kier alpha value is -1.56. The maximum Gasteiger partial charge on any atom is 0.247 e. The van der Waals surface area contributed by atoms with Gasteiger partial charge in [-0.05, 0) is 24.3 Å². The number of carbonyl (C=O) groups excluding carboxylic acids is 2. The molecule has 0 aliphatic carbocycles. The summed E-state index contributed by atoms with van der Waals surface area (Å²) in [6.45, 7) is 0. The molecule has 22 heavy (non-hydrogen) atoms. The van der Waals surface area contributed by atoms with Gasteiger partial charge in [-0.25, -0.2) is 9.88 Å². The molecule has 1 aliphatic rings. The highest BCUT2D eigenvalue weighted by Crippen LogP contribution is 2.38. The van der Waals surface area contributed by atoms with Crippen LogP contribution in [0.2, 0.25) is 10.0 Å². The summed E-state index contributed by atoms with van der Waals surface area (Å²) in [6.07, 6.45) is 1.76. The summed E-state index contributed by atoms with van der Waals surface area (Å²) in [7, 11) is 0. The van der Waals surface area contributed by atoms with Crippen LogP contribution in [0.25, 0.3) is 0 Å². The topological polar surface area (TPSA) is 50.3 Å². The molecule has 1 fully saturated rings. The Bertz CT molecular complexity index is 740. The fourth-order valence-electron chi connectivity index (χ4n) is 2.18. The van der Waals surface area contributed by atoms with Gasteiger partial charge in [-0.1, -0.05) is 47.1 Å². The van der Waals surface area contributed by atoms with Crippen LogP contribution < -0.4 is 4.90 Å². The SMILES string of the molecule is O=C1CC(Sc2ccccn2)C(=O)N1c1cccc(Cl)c1Cl. The third kappa shape index (κ3) is 2.84. The largest absolute Gasteiger partial charge is 0.274 e. The van der Waals surface area contributed by atoms with Crippen LogP contribution in [0.4, 0.5) is 5.69 Å². The van der Waals surface area contributed by atoms with Crippen LogP contribution in [-0.4, -0.2) is 22.0 Å². The van der Waals surface area contributed by atoms with Gasteiger partial charge in [-0.15, -0.1) is 0 Å². The maximum absolute atomic E-state index is 12.5. The molecule has 1 unspecified atom stereocenters. The van der Waals surface area contributed by atoms with E-state index in [-0.39, 0.29) is 23.3 Å². The Balaban J connectivity index is 1.87. The van der Waals surface area contributed by atoms with Crippen molar-refractivity contribution in [3.05, 3.63) is 52.6 Å². The zero-order chi connectivity index (χ0) is 15.7. The van der Waals surface area contributed by atoms with E-state index < -0.39 is 5.25 Å². The Kier molecular flexibility index (Phi) is 4.38. The monoisotopic (exact) mass is 352 g/mol. The summed E-state index contributed by atoms with van der Waals surface area (Å²) >= 11 is 13.3. The molecule has 2 heterocycles. The highest BCUT2D eigenvalue weighted by atomic mass is 35.5. The molecule has 1 aromatic heterocycles. The van der Waals surface area contributed by atoms with Crippen LogP contribution in [0, 0.1) is 0 Å². The first-order valence-corrected chi connectivity index (χ1v) is 8.10. The van der Waals surface area contributed by atoms with Crippen molar-refractivity contribution in [2.75, 3.05) is 4.90 Å². The highest BCUT2D eigenvalue weighted by molar-refractivity contribution is 8.00. The third-order valence-corrected chi connectivity index (χ3v) is 5.12. The third-order valence-electron chi connectivity index (χ3n) is 3.18. The molecule has 1 aromatic carbocycles. The van der Waals surface area contributed by atoms with Crippen LogP contribution in [0.1, 0.15) is 6.42 Å². The van der Waals surface area contributed by atoms with Gasteiger partial charge in [0, 0.05) is 12.6 Å². The number of anilines is 1. The van der Waals surface area contributed by atoms with Crippen LogP contribution in [0.5, 0.6) is 0 Å². The Morgan fingerprint density at radius 2 is 1.95 bits per heavy atom. The number of carbonyl (C=O) groups is 2. The number of aromatic nitrogens is 1. The van der Waals surface area contributed by atoms with Gasteiger partial charge in [0.05, 0.1) is 26.0 Å². The molecule has 112 valence electrons. The Morgan fingerprint density at radius 1 is 1.14 bits per heavy atom. The molecule has 0 radical (unpaired) electrons. The number of halogens is 2. The van der Waals surface area contributed by atoms with E-state index in [2.05, 4.69) is 4.98 Å². The minimum Gasteiger partial charge on any atom is -0.274 e. The zero-order valence-corrected chi connectivity index (χ0v) is 13.5. The number of pyridine rings is 1. The lowest BCUT2D eigenvalue weighted by atomic mass is 10.3. The Labute approximate surface area is 141 Å². The fourth-order valence-corrected chi connectivity index (χ4v) is 3.56. The minimum atomic E-state index is -0.502. The molecule has 1 saturated heterocycles. The summed E-state index contributed by atoms with van der Waals surface area (Å²) in [5.41, 5.74) is 0.327. The van der Waals surface area contributed by atoms with Crippen LogP contribution in [0.15, 0.2) is 47.6 Å². The molecule has 0 N–H and O–H groups in total. The predicted octanol–water partition coefficient (Wildman–Crippen LogP) is 3.81. The molecule has 2 amide bonds. The zero-order valence-electron chi connectivity index (χ0n) is 11.2. The van der Waals surface area contributed by atoms with Gasteiger partial charge in [-0.3, -0.25) is 9.59 Å². The lowest BCUT2D eigenvalue weighted by Crippen LogP contribution is -2.31. The van der Waals surface area contributed by atoms with Gasteiger partial charge >= 0.3 is 0 Å². The predicted molar refractivity (Wildman–Crippen MR) is 87.5 cm³/mol. The molecule has 0 saturated carbocycles. The van der Waals surface area contributed by atoms with E-state index in [1.54, 1.807) is 36.5 Å². The second-order valence-electron chi connectivity index (χ2n) is 4.62. The van der Waals surface area contributed by atoms with Crippen molar-refractivity contribution in [2.24, 2.45) is 0 Å². The average Bonchev–Trinajstić information content (AvgIpc) is 2.78. The summed E-state index contributed by atoms with van der Waals surface area (Å²) < 4.78 is 0. The molecule has 1 aliphatic heterocycles. The Morgan fingerprint density at radius 3 is 2.68 bits per heavy atom. The van der Waals surface area contributed by atoms with Crippen molar-refractivity contribution in [1.29, 1.82) is 0 Å². The summed E-state index contributed by atoms with van der Waals surface area (Å²) in [5.74, 6) is -0.590. The second kappa shape index (κ2) is 6.28. The number of thioether (sulfide) groups is 1. The van der Waals surface area contributed by atoms with Crippen molar-refractivity contribution >= 4 is 52.5 Å². The second-order valence-corrected chi connectivity index (χ2v) is 6.63. The molecular weight excluding hydrogens is 343 g/mol. The first-order chi connectivity index (χ1) is 10.6. The van der Waals surface area contributed by atoms with Gasteiger partial charge < -0.3 is 0 Å². The van der Waals surface area contributed by atoms with Gasteiger partial charge in [0.15, 0.2) is 0 Å². The molecule has 2 aromatic rings. The number of hydrogen-bond acceptors (Lipinski definition) is 4. The number of benzene rings is 1. The van der Waals surface area contributed by atoms with E-state index in [9.17, 15) is 9.59 Å². The molecule has 0 bridgehead atoms. The van der Waals surface area contributed by atoms with Crippen LogP contribution in [0.3, 0.4) is 0 Å². The molecule has 0 spiro atoms. The first kappa shape index (κ1) is 15.3. The van der Waals surface area contributed by atoms with Gasteiger partial charge in [0.2, 0.25) is 11.8 Å². The minimum absolute atomic E-state index is 0.114. The lowest BCUT2D eigenvalue weighted by Gasteiger charge is -2.16. The van der Waals surface area contributed by atoms with E-state index in [0.29, 0.717) is 15.7 Å². The molecular formula is C15H10Cl2N2O2S. The smallest absolute Gasteiger partial charge is 0.247 e. The molecule has 1 atom stereocenters. The van der Waals surface area contributed by atoms with Crippen LogP contribution in [-0.2, 0) is 9.59 Å². The van der Waals surface area contributed by atoms with E-state index in [1.807, 2.05) is 6.07 Å². The van der Waals surface area contributed by atoms with Gasteiger partial charge in [0.1, 0.15) is 0 Å². The van der Waals surface area contributed by atoms with E-state index in [0.717, 1.165) is 4.90 Å². The maximum atomic E-state index is 12.5. The van der Waals surface area contributed by atoms with Crippen molar-refractivity contribution < 1.29 is 9.59 Å². The number of amides is 2.